The minimum absolute atomic E-state index is 0.215. The zero-order chi connectivity index (χ0) is 30.5. The summed E-state index contributed by atoms with van der Waals surface area (Å²) in [6.45, 7) is 2.51. The van der Waals surface area contributed by atoms with Gasteiger partial charge in [-0.25, -0.2) is 0 Å². The molecule has 9 nitrogen and oxygen atoms in total. The highest BCUT2D eigenvalue weighted by atomic mass is 16.5. The number of hydrogen-bond donors (Lipinski definition) is 4. The normalized spacial score (nSPS) is 14.5. The zero-order valence-corrected chi connectivity index (χ0v) is 25.0. The summed E-state index contributed by atoms with van der Waals surface area (Å²) < 4.78 is 16.6. The number of amides is 1. The van der Waals surface area contributed by atoms with Crippen molar-refractivity contribution < 1.29 is 24.1 Å². The lowest BCUT2D eigenvalue weighted by Crippen LogP contribution is -2.45. The number of aliphatic hydroxyl groups excluding tert-OH is 1. The van der Waals surface area contributed by atoms with E-state index in [9.17, 15) is 9.90 Å². The van der Waals surface area contributed by atoms with E-state index in [0.29, 0.717) is 29.6 Å². The number of para-hydroxylation sites is 1. The Morgan fingerprint density at radius 3 is 2.43 bits per heavy atom. The third-order valence-electron chi connectivity index (χ3n) is 8.20. The van der Waals surface area contributed by atoms with Gasteiger partial charge in [-0.3, -0.25) is 4.79 Å². The molecular weight excluding hydrogens is 556 g/mol. The van der Waals surface area contributed by atoms with E-state index in [1.165, 1.54) is 0 Å². The first-order valence-electron chi connectivity index (χ1n) is 14.9. The molecule has 228 valence electrons. The van der Waals surface area contributed by atoms with Gasteiger partial charge in [0, 0.05) is 58.9 Å². The molecule has 1 aliphatic rings. The number of H-pyrrole nitrogens is 1. The lowest BCUT2D eigenvalue weighted by atomic mass is 10.0. The van der Waals surface area contributed by atoms with Gasteiger partial charge in [-0.05, 0) is 73.5 Å². The fraction of sp³-hybridized carbons (Fsp3) is 0.286. The van der Waals surface area contributed by atoms with Crippen molar-refractivity contribution in [2.24, 2.45) is 0 Å². The SMILES string of the molecule is COc1ccc(C(=O)Nc2ccc(N3CCC(NC[C@H](O)COc4cccc5[nH]c6ccccc6c45)CC3)cc2)cc1OC. The minimum Gasteiger partial charge on any atom is -0.493 e. The van der Waals surface area contributed by atoms with Crippen LogP contribution in [0.5, 0.6) is 17.2 Å². The Kier molecular flexibility index (Phi) is 8.86. The van der Waals surface area contributed by atoms with Crippen molar-refractivity contribution in [3.8, 4) is 17.2 Å². The number of hydrogen-bond acceptors (Lipinski definition) is 7. The van der Waals surface area contributed by atoms with E-state index in [1.807, 2.05) is 54.6 Å². The lowest BCUT2D eigenvalue weighted by Gasteiger charge is -2.34. The van der Waals surface area contributed by atoms with Gasteiger partial charge in [-0.2, -0.15) is 0 Å². The first-order valence-corrected chi connectivity index (χ1v) is 14.9. The lowest BCUT2D eigenvalue weighted by molar-refractivity contribution is 0.102. The molecule has 6 rings (SSSR count). The van der Waals surface area contributed by atoms with E-state index in [0.717, 1.165) is 64.9 Å². The summed E-state index contributed by atoms with van der Waals surface area (Å²) in [4.78, 5) is 18.5. The molecule has 1 fully saturated rings. The topological polar surface area (TPSA) is 108 Å². The maximum atomic E-state index is 12.8. The number of carbonyl (C=O) groups is 1. The minimum atomic E-state index is -0.616. The van der Waals surface area contributed by atoms with Crippen LogP contribution in [-0.2, 0) is 0 Å². The molecule has 44 heavy (non-hydrogen) atoms. The van der Waals surface area contributed by atoms with Gasteiger partial charge >= 0.3 is 0 Å². The number of methoxy groups -OCH3 is 2. The number of fused-ring (bicyclic) bond motifs is 3. The molecular formula is C35H38N4O5. The Morgan fingerprint density at radius 2 is 1.66 bits per heavy atom. The predicted molar refractivity (Wildman–Crippen MR) is 174 cm³/mol. The molecule has 0 aliphatic carbocycles. The zero-order valence-electron chi connectivity index (χ0n) is 25.0. The molecule has 0 unspecified atom stereocenters. The van der Waals surface area contributed by atoms with Crippen LogP contribution in [0.15, 0.2) is 84.9 Å². The van der Waals surface area contributed by atoms with Crippen LogP contribution in [0.2, 0.25) is 0 Å². The number of nitrogens with zero attached hydrogens (tertiary/aromatic N) is 1. The maximum absolute atomic E-state index is 12.8. The van der Waals surface area contributed by atoms with Crippen LogP contribution in [0.3, 0.4) is 0 Å². The first kappa shape index (κ1) is 29.3. The number of ether oxygens (including phenoxy) is 3. The van der Waals surface area contributed by atoms with Gasteiger partial charge in [0.25, 0.3) is 5.91 Å². The quantitative estimate of drug-likeness (QED) is 0.158. The summed E-state index contributed by atoms with van der Waals surface area (Å²) >= 11 is 0. The van der Waals surface area contributed by atoms with E-state index in [2.05, 4.69) is 32.7 Å². The van der Waals surface area contributed by atoms with Gasteiger partial charge in [-0.1, -0.05) is 24.3 Å². The van der Waals surface area contributed by atoms with Crippen molar-refractivity contribution >= 4 is 39.1 Å². The highest BCUT2D eigenvalue weighted by molar-refractivity contribution is 6.10. The highest BCUT2D eigenvalue weighted by Crippen LogP contribution is 2.33. The summed E-state index contributed by atoms with van der Waals surface area (Å²) in [5, 5.41) is 19.3. The summed E-state index contributed by atoms with van der Waals surface area (Å²) in [7, 11) is 3.11. The number of benzene rings is 4. The summed E-state index contributed by atoms with van der Waals surface area (Å²) in [6, 6.07) is 27.5. The number of anilines is 2. The Balaban J connectivity index is 0.954. The van der Waals surface area contributed by atoms with Crippen molar-refractivity contribution in [2.75, 3.05) is 50.7 Å². The van der Waals surface area contributed by atoms with Gasteiger partial charge in [0.05, 0.1) is 19.7 Å². The molecule has 9 heteroatoms. The second-order valence-corrected chi connectivity index (χ2v) is 11.1. The third-order valence-corrected chi connectivity index (χ3v) is 8.20. The number of piperidine rings is 1. The average molecular weight is 595 g/mol. The van der Waals surface area contributed by atoms with E-state index < -0.39 is 6.10 Å². The molecule has 4 N–H and O–H groups in total. The van der Waals surface area contributed by atoms with Crippen LogP contribution in [-0.4, -0.2) is 68.6 Å². The Morgan fingerprint density at radius 1 is 0.909 bits per heavy atom. The van der Waals surface area contributed by atoms with Crippen LogP contribution in [0, 0.1) is 0 Å². The van der Waals surface area contributed by atoms with Crippen LogP contribution in [0.4, 0.5) is 11.4 Å². The van der Waals surface area contributed by atoms with Gasteiger partial charge in [0.2, 0.25) is 0 Å². The molecule has 5 aromatic rings. The van der Waals surface area contributed by atoms with E-state index >= 15 is 0 Å². The molecule has 0 bridgehead atoms. The van der Waals surface area contributed by atoms with E-state index in [-0.39, 0.29) is 12.5 Å². The maximum Gasteiger partial charge on any atom is 0.255 e. The van der Waals surface area contributed by atoms with E-state index in [1.54, 1.807) is 32.4 Å². The highest BCUT2D eigenvalue weighted by Gasteiger charge is 2.21. The van der Waals surface area contributed by atoms with Crippen molar-refractivity contribution in [3.63, 3.8) is 0 Å². The van der Waals surface area contributed by atoms with E-state index in [4.69, 9.17) is 14.2 Å². The molecule has 1 saturated heterocycles. The second-order valence-electron chi connectivity index (χ2n) is 11.1. The molecule has 1 amide bonds. The molecule has 2 heterocycles. The number of carbonyl (C=O) groups excluding carboxylic acids is 1. The average Bonchev–Trinajstić information content (AvgIpc) is 3.46. The number of aromatic amines is 1. The van der Waals surface area contributed by atoms with Gasteiger partial charge in [-0.15, -0.1) is 0 Å². The van der Waals surface area contributed by atoms with Crippen LogP contribution in [0.1, 0.15) is 23.2 Å². The smallest absolute Gasteiger partial charge is 0.255 e. The largest absolute Gasteiger partial charge is 0.493 e. The Bertz CT molecular complexity index is 1730. The fourth-order valence-electron chi connectivity index (χ4n) is 5.81. The standard InChI is InChI=1S/C35H38N4O5/c1-42-31-15-10-23(20-33(31)43-2)35(41)37-25-11-13-26(14-12-25)39-18-16-24(17-19-39)36-21-27(40)22-44-32-9-5-8-30-34(32)28-6-3-4-7-29(28)38-30/h3-15,20,24,27,36,38,40H,16-19,21-22H2,1-2H3,(H,37,41)/t27-/m0/s1. The van der Waals surface area contributed by atoms with Crippen molar-refractivity contribution in [1.82, 2.24) is 10.3 Å². The predicted octanol–water partition coefficient (Wildman–Crippen LogP) is 5.59. The van der Waals surface area contributed by atoms with Crippen molar-refractivity contribution in [2.45, 2.75) is 25.0 Å². The molecule has 4 aromatic carbocycles. The van der Waals surface area contributed by atoms with Crippen LogP contribution >= 0.6 is 0 Å². The fourth-order valence-corrected chi connectivity index (χ4v) is 5.81. The van der Waals surface area contributed by atoms with Gasteiger partial charge in [0.15, 0.2) is 11.5 Å². The number of aliphatic hydroxyl groups is 1. The second kappa shape index (κ2) is 13.3. The Hall–Kier alpha value is -4.73. The monoisotopic (exact) mass is 594 g/mol. The molecule has 0 spiro atoms. The molecule has 1 aliphatic heterocycles. The summed E-state index contributed by atoms with van der Waals surface area (Å²) in [6.07, 6.45) is 1.33. The number of nitrogens with one attached hydrogen (secondary N) is 3. The van der Waals surface area contributed by atoms with Crippen molar-refractivity contribution in [3.05, 3.63) is 90.5 Å². The van der Waals surface area contributed by atoms with Crippen LogP contribution < -0.4 is 29.7 Å². The molecule has 1 atom stereocenters. The van der Waals surface area contributed by atoms with Crippen LogP contribution in [0.25, 0.3) is 21.8 Å². The molecule has 0 radical (unpaired) electrons. The van der Waals surface area contributed by atoms with Crippen molar-refractivity contribution in [1.29, 1.82) is 0 Å². The molecule has 1 aromatic heterocycles. The summed E-state index contributed by atoms with van der Waals surface area (Å²) in [5.74, 6) is 1.65. The van der Waals surface area contributed by atoms with Gasteiger partial charge < -0.3 is 39.8 Å². The molecule has 0 saturated carbocycles. The first-order chi connectivity index (χ1) is 21.5. The third kappa shape index (κ3) is 6.44. The summed E-state index contributed by atoms with van der Waals surface area (Å²) in [5.41, 5.74) is 4.43. The number of aromatic nitrogens is 1. The van der Waals surface area contributed by atoms with Gasteiger partial charge in [0.1, 0.15) is 18.5 Å². The number of rotatable bonds is 11. The Labute approximate surface area is 256 Å².